The standard InChI is InChI=1S/C23H29F3N2O2/c1-4-5-6-7-13-30-19-10-8-9-16-11-12-17(14-18(16)19)21(23(24,25)26)28-22(2,3)15-20(29)27-28/h8-12,14,21H,4-7,13,15H2,1-3H3,(H,27,29)/t21-/m0/s1. The number of nitrogens with zero attached hydrogens (tertiary/aromatic N) is 1. The lowest BCUT2D eigenvalue weighted by molar-refractivity contribution is -0.203. The van der Waals surface area contributed by atoms with Crippen molar-refractivity contribution in [1.82, 2.24) is 10.4 Å². The highest BCUT2D eigenvalue weighted by Gasteiger charge is 2.53. The first-order valence-corrected chi connectivity index (χ1v) is 10.4. The number of hydrogen-bond acceptors (Lipinski definition) is 3. The van der Waals surface area contributed by atoms with Crippen molar-refractivity contribution in [2.24, 2.45) is 0 Å². The molecule has 3 rings (SSSR count). The maximum atomic E-state index is 14.1. The first-order valence-electron chi connectivity index (χ1n) is 10.4. The molecule has 164 valence electrons. The lowest BCUT2D eigenvalue weighted by atomic mass is 9.95. The van der Waals surface area contributed by atoms with Gasteiger partial charge in [0.15, 0.2) is 6.04 Å². The minimum absolute atomic E-state index is 0.0132. The van der Waals surface area contributed by atoms with Gasteiger partial charge in [0.05, 0.1) is 6.61 Å². The zero-order chi connectivity index (χ0) is 21.9. The molecule has 2 aromatic carbocycles. The number of hydrogen-bond donors (Lipinski definition) is 1. The smallest absolute Gasteiger partial charge is 0.409 e. The topological polar surface area (TPSA) is 41.6 Å². The van der Waals surface area contributed by atoms with Gasteiger partial charge in [-0.1, -0.05) is 50.5 Å². The molecule has 1 atom stereocenters. The molecule has 0 aliphatic carbocycles. The normalized spacial score (nSPS) is 17.9. The molecule has 2 aromatic rings. The van der Waals surface area contributed by atoms with Crippen LogP contribution in [0.5, 0.6) is 5.75 Å². The Bertz CT molecular complexity index is 896. The number of nitrogens with one attached hydrogen (secondary N) is 1. The molecule has 0 aromatic heterocycles. The summed E-state index contributed by atoms with van der Waals surface area (Å²) < 4.78 is 48.3. The molecule has 7 heteroatoms. The van der Waals surface area contributed by atoms with Crippen LogP contribution in [0.15, 0.2) is 36.4 Å². The number of carbonyl (C=O) groups excluding carboxylic acids is 1. The number of rotatable bonds is 8. The number of amides is 1. The zero-order valence-corrected chi connectivity index (χ0v) is 17.7. The second-order valence-corrected chi connectivity index (χ2v) is 8.48. The first kappa shape index (κ1) is 22.4. The van der Waals surface area contributed by atoms with E-state index in [1.54, 1.807) is 26.0 Å². The largest absolute Gasteiger partial charge is 0.493 e. The molecule has 30 heavy (non-hydrogen) atoms. The Morgan fingerprint density at radius 2 is 1.93 bits per heavy atom. The molecule has 1 aliphatic heterocycles. The minimum atomic E-state index is -4.56. The zero-order valence-electron chi connectivity index (χ0n) is 17.7. The van der Waals surface area contributed by atoms with E-state index >= 15 is 0 Å². The fourth-order valence-electron chi connectivity index (χ4n) is 3.97. The molecular formula is C23H29F3N2O2. The van der Waals surface area contributed by atoms with Gasteiger partial charge in [-0.25, -0.2) is 0 Å². The highest BCUT2D eigenvalue weighted by molar-refractivity contribution is 5.89. The van der Waals surface area contributed by atoms with Gasteiger partial charge in [-0.15, -0.1) is 0 Å². The van der Waals surface area contributed by atoms with Crippen molar-refractivity contribution in [3.63, 3.8) is 0 Å². The summed E-state index contributed by atoms with van der Waals surface area (Å²) in [5.74, 6) is 0.169. The molecule has 1 fully saturated rings. The van der Waals surface area contributed by atoms with Crippen LogP contribution in [0.4, 0.5) is 13.2 Å². The first-order chi connectivity index (χ1) is 14.1. The number of carbonyl (C=O) groups is 1. The van der Waals surface area contributed by atoms with E-state index in [1.165, 1.54) is 12.1 Å². The van der Waals surface area contributed by atoms with Crippen LogP contribution in [0.2, 0.25) is 0 Å². The van der Waals surface area contributed by atoms with Crippen molar-refractivity contribution in [1.29, 1.82) is 0 Å². The second kappa shape index (κ2) is 8.84. The van der Waals surface area contributed by atoms with Crippen molar-refractivity contribution < 1.29 is 22.7 Å². The summed E-state index contributed by atoms with van der Waals surface area (Å²) in [6.45, 7) is 5.93. The number of hydrazine groups is 1. The predicted octanol–water partition coefficient (Wildman–Crippen LogP) is 5.92. The third-order valence-corrected chi connectivity index (χ3v) is 5.50. The molecule has 1 aliphatic rings. The van der Waals surface area contributed by atoms with Crippen molar-refractivity contribution in [2.45, 2.75) is 70.6 Å². The summed E-state index contributed by atoms with van der Waals surface area (Å²) in [7, 11) is 0. The molecule has 0 saturated carbocycles. The molecule has 0 bridgehead atoms. The monoisotopic (exact) mass is 422 g/mol. The van der Waals surface area contributed by atoms with E-state index in [9.17, 15) is 18.0 Å². The molecule has 4 nitrogen and oxygen atoms in total. The Morgan fingerprint density at radius 1 is 1.17 bits per heavy atom. The molecule has 0 radical (unpaired) electrons. The van der Waals surface area contributed by atoms with Gasteiger partial charge in [-0.05, 0) is 43.4 Å². The number of alkyl halides is 3. The molecule has 1 N–H and O–H groups in total. The number of unbranched alkanes of at least 4 members (excludes halogenated alkanes) is 3. The van der Waals surface area contributed by atoms with Gasteiger partial charge in [-0.2, -0.15) is 18.2 Å². The van der Waals surface area contributed by atoms with Crippen molar-refractivity contribution in [2.75, 3.05) is 6.61 Å². The quantitative estimate of drug-likeness (QED) is 0.537. The van der Waals surface area contributed by atoms with Crippen LogP contribution in [0.25, 0.3) is 10.8 Å². The summed E-state index contributed by atoms with van der Waals surface area (Å²) in [6, 6.07) is 8.23. The number of benzene rings is 2. The fraction of sp³-hybridized carbons (Fsp3) is 0.522. The summed E-state index contributed by atoms with van der Waals surface area (Å²) in [5, 5.41) is 2.49. The van der Waals surface area contributed by atoms with Gasteiger partial charge in [0, 0.05) is 17.3 Å². The van der Waals surface area contributed by atoms with Crippen molar-refractivity contribution >= 4 is 16.7 Å². The summed E-state index contributed by atoms with van der Waals surface area (Å²) >= 11 is 0. The van der Waals surface area contributed by atoms with Crippen LogP contribution in [0.1, 0.15) is 64.5 Å². The number of ether oxygens (including phenoxy) is 1. The molecule has 1 amide bonds. The fourth-order valence-corrected chi connectivity index (χ4v) is 3.97. The lowest BCUT2D eigenvalue weighted by Crippen LogP contribution is -2.51. The van der Waals surface area contributed by atoms with Gasteiger partial charge >= 0.3 is 6.18 Å². The summed E-state index contributed by atoms with van der Waals surface area (Å²) in [6.07, 6.45) is -0.319. The third kappa shape index (κ3) is 4.89. The van der Waals surface area contributed by atoms with E-state index in [2.05, 4.69) is 12.3 Å². The lowest BCUT2D eigenvalue weighted by Gasteiger charge is -2.38. The maximum absolute atomic E-state index is 14.1. The Labute approximate surface area is 175 Å². The SMILES string of the molecule is CCCCCCOc1cccc2ccc([C@H](N3NC(=O)CC3(C)C)C(F)(F)F)cc12. The molecular weight excluding hydrogens is 393 g/mol. The molecule has 1 heterocycles. The predicted molar refractivity (Wildman–Crippen MR) is 111 cm³/mol. The third-order valence-electron chi connectivity index (χ3n) is 5.50. The number of halogens is 3. The van der Waals surface area contributed by atoms with Gasteiger partial charge in [0.2, 0.25) is 5.91 Å². The Balaban J connectivity index is 1.95. The van der Waals surface area contributed by atoms with Gasteiger partial charge in [0.1, 0.15) is 5.75 Å². The van der Waals surface area contributed by atoms with Crippen LogP contribution < -0.4 is 10.2 Å². The van der Waals surface area contributed by atoms with Crippen LogP contribution in [-0.2, 0) is 4.79 Å². The second-order valence-electron chi connectivity index (χ2n) is 8.48. The summed E-state index contributed by atoms with van der Waals surface area (Å²) in [4.78, 5) is 11.9. The van der Waals surface area contributed by atoms with E-state index in [1.807, 2.05) is 12.1 Å². The van der Waals surface area contributed by atoms with Crippen LogP contribution in [0.3, 0.4) is 0 Å². The Morgan fingerprint density at radius 3 is 2.57 bits per heavy atom. The van der Waals surface area contributed by atoms with Crippen LogP contribution in [0, 0.1) is 0 Å². The molecule has 1 saturated heterocycles. The van der Waals surface area contributed by atoms with E-state index < -0.39 is 23.7 Å². The average molecular weight is 422 g/mol. The Kier molecular flexibility index (Phi) is 6.60. The van der Waals surface area contributed by atoms with Gasteiger partial charge < -0.3 is 4.74 Å². The minimum Gasteiger partial charge on any atom is -0.493 e. The highest BCUT2D eigenvalue weighted by Crippen LogP contribution is 2.43. The van der Waals surface area contributed by atoms with Crippen molar-refractivity contribution in [3.05, 3.63) is 42.0 Å². The van der Waals surface area contributed by atoms with Gasteiger partial charge in [-0.3, -0.25) is 10.2 Å². The number of fused-ring (bicyclic) bond motifs is 1. The maximum Gasteiger partial charge on any atom is 0.409 e. The van der Waals surface area contributed by atoms with E-state index in [0.29, 0.717) is 17.7 Å². The van der Waals surface area contributed by atoms with E-state index in [4.69, 9.17) is 4.74 Å². The molecule has 0 unspecified atom stereocenters. The summed E-state index contributed by atoms with van der Waals surface area (Å²) in [5.41, 5.74) is 1.53. The van der Waals surface area contributed by atoms with Crippen molar-refractivity contribution in [3.8, 4) is 5.75 Å². The van der Waals surface area contributed by atoms with E-state index in [0.717, 1.165) is 36.1 Å². The Hall–Kier alpha value is -2.28. The van der Waals surface area contributed by atoms with Crippen LogP contribution >= 0.6 is 0 Å². The molecule has 0 spiro atoms. The van der Waals surface area contributed by atoms with E-state index in [-0.39, 0.29) is 12.0 Å². The van der Waals surface area contributed by atoms with Gasteiger partial charge in [0.25, 0.3) is 0 Å². The highest BCUT2D eigenvalue weighted by atomic mass is 19.4. The van der Waals surface area contributed by atoms with Crippen LogP contribution in [-0.4, -0.2) is 29.2 Å². The average Bonchev–Trinajstić information content (AvgIpc) is 2.92.